The van der Waals surface area contributed by atoms with Crippen LogP contribution < -0.4 is 5.32 Å². The van der Waals surface area contributed by atoms with Gasteiger partial charge in [-0.25, -0.2) is 12.7 Å². The molecule has 0 atom stereocenters. The molecule has 2 N–H and O–H groups in total. The SMILES string of the molecule is CCC(CC)(CNC(=O)c1coc(S(=O)(=O)N(C)C)c1)C(=O)O. The highest BCUT2D eigenvalue weighted by molar-refractivity contribution is 7.88. The van der Waals surface area contributed by atoms with Gasteiger partial charge in [-0.2, -0.15) is 0 Å². The first-order valence-corrected chi connectivity index (χ1v) is 8.57. The highest BCUT2D eigenvalue weighted by atomic mass is 32.2. The Morgan fingerprint density at radius 2 is 1.87 bits per heavy atom. The van der Waals surface area contributed by atoms with Gasteiger partial charge in [-0.3, -0.25) is 9.59 Å². The fourth-order valence-corrected chi connectivity index (χ4v) is 2.79. The second kappa shape index (κ2) is 7.14. The van der Waals surface area contributed by atoms with Crippen molar-refractivity contribution in [2.75, 3.05) is 20.6 Å². The lowest BCUT2D eigenvalue weighted by molar-refractivity contribution is -0.149. The molecule has 0 bridgehead atoms. The predicted octanol–water partition coefficient (Wildman–Crippen LogP) is 1.15. The summed E-state index contributed by atoms with van der Waals surface area (Å²) in [5.74, 6) is -1.56. The van der Waals surface area contributed by atoms with Crippen LogP contribution in [0.3, 0.4) is 0 Å². The van der Waals surface area contributed by atoms with Gasteiger partial charge in [0.2, 0.25) is 5.09 Å². The standard InChI is InChI=1S/C14H22N2O6S/c1-5-14(6-2,13(18)19)9-15-12(17)10-7-11(22-8-10)23(20,21)16(3)4/h7-8H,5-6,9H2,1-4H3,(H,15,17)(H,18,19). The molecule has 1 aromatic heterocycles. The molecule has 0 aliphatic heterocycles. The quantitative estimate of drug-likeness (QED) is 0.729. The maximum Gasteiger partial charge on any atom is 0.311 e. The Hall–Kier alpha value is -1.87. The molecule has 1 heterocycles. The Labute approximate surface area is 135 Å². The summed E-state index contributed by atoms with van der Waals surface area (Å²) in [5, 5.41) is 11.5. The molecule has 0 spiro atoms. The zero-order chi connectivity index (χ0) is 17.8. The second-order valence-electron chi connectivity index (χ2n) is 5.42. The number of nitrogens with zero attached hydrogens (tertiary/aromatic N) is 1. The van der Waals surface area contributed by atoms with Crippen molar-refractivity contribution in [1.82, 2.24) is 9.62 Å². The van der Waals surface area contributed by atoms with Crippen LogP contribution in [-0.4, -0.2) is 50.3 Å². The molecule has 0 aliphatic carbocycles. The molecule has 1 aromatic rings. The van der Waals surface area contributed by atoms with Crippen LogP contribution in [0, 0.1) is 5.41 Å². The average molecular weight is 346 g/mol. The van der Waals surface area contributed by atoms with Crippen LogP contribution in [-0.2, 0) is 14.8 Å². The van der Waals surface area contributed by atoms with Crippen molar-refractivity contribution in [2.45, 2.75) is 31.8 Å². The first-order chi connectivity index (χ1) is 10.6. The van der Waals surface area contributed by atoms with Crippen molar-refractivity contribution >= 4 is 21.9 Å². The fourth-order valence-electron chi connectivity index (χ4n) is 1.98. The van der Waals surface area contributed by atoms with E-state index in [4.69, 9.17) is 4.42 Å². The Bertz CT molecular complexity index is 673. The van der Waals surface area contributed by atoms with Crippen LogP contribution in [0.15, 0.2) is 21.8 Å². The third-order valence-electron chi connectivity index (χ3n) is 3.97. The van der Waals surface area contributed by atoms with E-state index in [-0.39, 0.29) is 17.2 Å². The topological polar surface area (TPSA) is 117 Å². The molecule has 1 rings (SSSR count). The molecule has 9 heteroatoms. The normalized spacial score (nSPS) is 12.4. The van der Waals surface area contributed by atoms with E-state index < -0.39 is 27.3 Å². The van der Waals surface area contributed by atoms with E-state index in [2.05, 4.69) is 5.32 Å². The second-order valence-corrected chi connectivity index (χ2v) is 7.50. The van der Waals surface area contributed by atoms with Crippen molar-refractivity contribution in [3.63, 3.8) is 0 Å². The van der Waals surface area contributed by atoms with Gasteiger partial charge >= 0.3 is 5.97 Å². The molecule has 0 saturated heterocycles. The van der Waals surface area contributed by atoms with Gasteiger partial charge in [0, 0.05) is 26.7 Å². The average Bonchev–Trinajstić information content (AvgIpc) is 2.98. The van der Waals surface area contributed by atoms with Crippen LogP contribution in [0.1, 0.15) is 37.0 Å². The Kier molecular flexibility index (Phi) is 5.95. The van der Waals surface area contributed by atoms with Crippen molar-refractivity contribution in [1.29, 1.82) is 0 Å². The molecule has 0 aliphatic rings. The largest absolute Gasteiger partial charge is 0.481 e. The van der Waals surface area contributed by atoms with Gasteiger partial charge in [0.1, 0.15) is 6.26 Å². The molecule has 23 heavy (non-hydrogen) atoms. The van der Waals surface area contributed by atoms with Gasteiger partial charge in [-0.1, -0.05) is 13.8 Å². The molecule has 0 unspecified atom stereocenters. The number of carboxylic acids is 1. The Balaban J connectivity index is 2.89. The van der Waals surface area contributed by atoms with Crippen LogP contribution in [0.25, 0.3) is 0 Å². The summed E-state index contributed by atoms with van der Waals surface area (Å²) in [6, 6.07) is 1.12. The maximum atomic E-state index is 12.1. The number of amides is 1. The zero-order valence-electron chi connectivity index (χ0n) is 13.6. The van der Waals surface area contributed by atoms with Crippen molar-refractivity contribution < 1.29 is 27.5 Å². The lowest BCUT2D eigenvalue weighted by Crippen LogP contribution is -2.42. The van der Waals surface area contributed by atoms with Crippen LogP contribution >= 0.6 is 0 Å². The minimum Gasteiger partial charge on any atom is -0.481 e. The van der Waals surface area contributed by atoms with E-state index in [9.17, 15) is 23.1 Å². The number of hydrogen-bond donors (Lipinski definition) is 2. The predicted molar refractivity (Wildman–Crippen MR) is 82.6 cm³/mol. The highest BCUT2D eigenvalue weighted by Gasteiger charge is 2.35. The van der Waals surface area contributed by atoms with Gasteiger partial charge < -0.3 is 14.8 Å². The smallest absolute Gasteiger partial charge is 0.311 e. The minimum absolute atomic E-state index is 0.0249. The van der Waals surface area contributed by atoms with E-state index >= 15 is 0 Å². The molecular formula is C14H22N2O6S. The summed E-state index contributed by atoms with van der Waals surface area (Å²) in [6.45, 7) is 3.43. The molecule has 1 amide bonds. The number of nitrogens with one attached hydrogen (secondary N) is 1. The first kappa shape index (κ1) is 19.2. The fraction of sp³-hybridized carbons (Fsp3) is 0.571. The number of hydrogen-bond acceptors (Lipinski definition) is 5. The van der Waals surface area contributed by atoms with Gasteiger partial charge in [-0.15, -0.1) is 0 Å². The Morgan fingerprint density at radius 3 is 2.30 bits per heavy atom. The summed E-state index contributed by atoms with van der Waals surface area (Å²) in [7, 11) is -1.07. The monoisotopic (exact) mass is 346 g/mol. The summed E-state index contributed by atoms with van der Waals surface area (Å²) in [5.41, 5.74) is -1.02. The molecule has 130 valence electrons. The molecule has 0 radical (unpaired) electrons. The molecule has 0 aromatic carbocycles. The molecular weight excluding hydrogens is 324 g/mol. The van der Waals surface area contributed by atoms with Crippen molar-refractivity contribution in [2.24, 2.45) is 5.41 Å². The van der Waals surface area contributed by atoms with E-state index in [1.807, 2.05) is 0 Å². The van der Waals surface area contributed by atoms with Crippen molar-refractivity contribution in [3.8, 4) is 0 Å². The van der Waals surface area contributed by atoms with Gasteiger partial charge in [0.25, 0.3) is 15.9 Å². The molecule has 8 nitrogen and oxygen atoms in total. The van der Waals surface area contributed by atoms with Gasteiger partial charge in [0.05, 0.1) is 11.0 Å². The number of carbonyl (C=O) groups is 2. The van der Waals surface area contributed by atoms with Crippen LogP contribution in [0.5, 0.6) is 0 Å². The number of rotatable bonds is 8. The summed E-state index contributed by atoms with van der Waals surface area (Å²) in [6.07, 6.45) is 1.77. The third-order valence-corrected chi connectivity index (χ3v) is 5.65. The minimum atomic E-state index is -3.76. The van der Waals surface area contributed by atoms with Crippen molar-refractivity contribution in [3.05, 3.63) is 17.9 Å². The van der Waals surface area contributed by atoms with E-state index in [0.29, 0.717) is 12.8 Å². The maximum absolute atomic E-state index is 12.1. The van der Waals surface area contributed by atoms with E-state index in [1.54, 1.807) is 13.8 Å². The van der Waals surface area contributed by atoms with Crippen LogP contribution in [0.2, 0.25) is 0 Å². The number of aliphatic carboxylic acids is 1. The number of carboxylic acid groups (broad SMARTS) is 1. The third kappa shape index (κ3) is 3.91. The lowest BCUT2D eigenvalue weighted by Gasteiger charge is -2.26. The van der Waals surface area contributed by atoms with E-state index in [1.165, 1.54) is 14.1 Å². The summed E-state index contributed by atoms with van der Waals surface area (Å²) < 4.78 is 29.7. The highest BCUT2D eigenvalue weighted by Crippen LogP contribution is 2.26. The number of sulfonamides is 1. The van der Waals surface area contributed by atoms with Crippen LogP contribution in [0.4, 0.5) is 0 Å². The zero-order valence-corrected chi connectivity index (χ0v) is 14.4. The van der Waals surface area contributed by atoms with Gasteiger partial charge in [-0.05, 0) is 12.8 Å². The summed E-state index contributed by atoms with van der Waals surface area (Å²) in [4.78, 5) is 23.5. The lowest BCUT2D eigenvalue weighted by atomic mass is 9.82. The Morgan fingerprint density at radius 1 is 1.30 bits per heavy atom. The number of carbonyl (C=O) groups excluding carboxylic acids is 1. The first-order valence-electron chi connectivity index (χ1n) is 7.13. The molecule has 0 fully saturated rings. The molecule has 0 saturated carbocycles. The van der Waals surface area contributed by atoms with E-state index in [0.717, 1.165) is 16.6 Å². The number of furan rings is 1. The van der Waals surface area contributed by atoms with Gasteiger partial charge in [0.15, 0.2) is 0 Å². The summed E-state index contributed by atoms with van der Waals surface area (Å²) >= 11 is 0.